The lowest BCUT2D eigenvalue weighted by Crippen LogP contribution is -2.33. The number of nitrogens with zero attached hydrogens (tertiary/aromatic N) is 3. The number of aromatic amines is 1. The number of carbonyl (C=O) groups is 2. The van der Waals surface area contributed by atoms with Crippen molar-refractivity contribution in [3.63, 3.8) is 0 Å². The summed E-state index contributed by atoms with van der Waals surface area (Å²) in [6.07, 6.45) is 0.362. The van der Waals surface area contributed by atoms with Gasteiger partial charge in [0.2, 0.25) is 0 Å². The van der Waals surface area contributed by atoms with Gasteiger partial charge in [-0.2, -0.15) is 10.5 Å². The highest BCUT2D eigenvalue weighted by Gasteiger charge is 2.25. The summed E-state index contributed by atoms with van der Waals surface area (Å²) in [5.74, 6) is -0.801. The number of nitrogens with one attached hydrogen (secondary N) is 1. The van der Waals surface area contributed by atoms with Gasteiger partial charge in [-0.25, -0.2) is 4.79 Å². The van der Waals surface area contributed by atoms with Gasteiger partial charge in [-0.05, 0) is 26.3 Å². The summed E-state index contributed by atoms with van der Waals surface area (Å²) in [5.41, 5.74) is 1.73. The molecule has 1 amide bonds. The van der Waals surface area contributed by atoms with E-state index >= 15 is 0 Å². The maximum Gasteiger partial charge on any atom is 0.340 e. The van der Waals surface area contributed by atoms with Crippen LogP contribution in [0.5, 0.6) is 0 Å². The number of nitriles is 2. The zero-order valence-electron chi connectivity index (χ0n) is 13.6. The molecule has 1 rings (SSSR count). The SMILES string of the molecule is CCOC(=O)c1c(C)[nH]c(C(=O)N(CCC#N)CCC#N)c1C. The Morgan fingerprint density at radius 1 is 1.17 bits per heavy atom. The Balaban J connectivity index is 3.10. The van der Waals surface area contributed by atoms with Crippen LogP contribution in [0.25, 0.3) is 0 Å². The Morgan fingerprint density at radius 2 is 1.74 bits per heavy atom. The van der Waals surface area contributed by atoms with Crippen LogP contribution in [0.3, 0.4) is 0 Å². The molecule has 23 heavy (non-hydrogen) atoms. The molecule has 0 aliphatic rings. The quantitative estimate of drug-likeness (QED) is 0.774. The molecule has 0 aliphatic heterocycles. The molecule has 1 aromatic heterocycles. The lowest BCUT2D eigenvalue weighted by atomic mass is 10.1. The van der Waals surface area contributed by atoms with Crippen LogP contribution < -0.4 is 0 Å². The molecule has 0 saturated carbocycles. The molecule has 0 fully saturated rings. The van der Waals surface area contributed by atoms with Gasteiger partial charge < -0.3 is 14.6 Å². The lowest BCUT2D eigenvalue weighted by molar-refractivity contribution is 0.0525. The zero-order valence-corrected chi connectivity index (χ0v) is 13.6. The molecule has 1 N–H and O–H groups in total. The first-order chi connectivity index (χ1) is 11.0. The zero-order chi connectivity index (χ0) is 17.4. The number of hydrogen-bond donors (Lipinski definition) is 1. The average Bonchev–Trinajstić information content (AvgIpc) is 2.82. The molecule has 0 radical (unpaired) electrons. The second-order valence-corrected chi connectivity index (χ2v) is 4.95. The third kappa shape index (κ3) is 4.33. The Labute approximate surface area is 135 Å². The Morgan fingerprint density at radius 3 is 2.22 bits per heavy atom. The standard InChI is InChI=1S/C16H20N4O3/c1-4-23-16(22)13-11(2)14(19-12(13)3)15(21)20(9-5-7-17)10-6-8-18/h19H,4-6,9-10H2,1-3H3. The summed E-state index contributed by atoms with van der Waals surface area (Å²) < 4.78 is 5.00. The number of amides is 1. The molecule has 0 spiro atoms. The minimum absolute atomic E-state index is 0.181. The van der Waals surface area contributed by atoms with E-state index in [-0.39, 0.29) is 38.4 Å². The predicted molar refractivity (Wildman–Crippen MR) is 82.6 cm³/mol. The molecular formula is C16H20N4O3. The predicted octanol–water partition coefficient (Wildman–Crippen LogP) is 2.08. The number of esters is 1. The van der Waals surface area contributed by atoms with Crippen molar-refractivity contribution in [3.8, 4) is 12.1 Å². The third-order valence-electron chi connectivity index (χ3n) is 3.41. The monoisotopic (exact) mass is 316 g/mol. The summed E-state index contributed by atoms with van der Waals surface area (Å²) in [6, 6.07) is 3.97. The largest absolute Gasteiger partial charge is 0.462 e. The first kappa shape index (κ1) is 18.2. The van der Waals surface area contributed by atoms with Gasteiger partial charge >= 0.3 is 5.97 Å². The van der Waals surface area contributed by atoms with E-state index in [9.17, 15) is 9.59 Å². The van der Waals surface area contributed by atoms with E-state index in [4.69, 9.17) is 15.3 Å². The van der Waals surface area contributed by atoms with Crippen LogP contribution in [-0.2, 0) is 4.74 Å². The fourth-order valence-corrected chi connectivity index (χ4v) is 2.32. The molecule has 0 bridgehead atoms. The number of H-pyrrole nitrogens is 1. The molecule has 0 unspecified atom stereocenters. The number of rotatable bonds is 7. The second-order valence-electron chi connectivity index (χ2n) is 4.95. The Hall–Kier alpha value is -2.80. The first-order valence-corrected chi connectivity index (χ1v) is 7.37. The highest BCUT2D eigenvalue weighted by atomic mass is 16.5. The molecular weight excluding hydrogens is 296 g/mol. The van der Waals surface area contributed by atoms with Crippen LogP contribution in [0.2, 0.25) is 0 Å². The summed E-state index contributed by atoms with van der Waals surface area (Å²) in [7, 11) is 0. The summed E-state index contributed by atoms with van der Waals surface area (Å²) in [5, 5.41) is 17.4. The number of hydrogen-bond acceptors (Lipinski definition) is 5. The number of aryl methyl sites for hydroxylation is 1. The maximum absolute atomic E-state index is 12.6. The molecule has 7 heteroatoms. The van der Waals surface area contributed by atoms with E-state index in [0.717, 1.165) is 0 Å². The van der Waals surface area contributed by atoms with Crippen LogP contribution in [0.15, 0.2) is 0 Å². The van der Waals surface area contributed by atoms with Crippen molar-refractivity contribution >= 4 is 11.9 Å². The van der Waals surface area contributed by atoms with Crippen LogP contribution in [0.4, 0.5) is 0 Å². The van der Waals surface area contributed by atoms with E-state index < -0.39 is 5.97 Å². The molecule has 0 aromatic carbocycles. The van der Waals surface area contributed by atoms with E-state index in [0.29, 0.717) is 22.5 Å². The lowest BCUT2D eigenvalue weighted by Gasteiger charge is -2.20. The second kappa shape index (κ2) is 8.60. The minimum atomic E-state index is -0.474. The number of ether oxygens (including phenoxy) is 1. The van der Waals surface area contributed by atoms with Gasteiger partial charge in [-0.15, -0.1) is 0 Å². The van der Waals surface area contributed by atoms with Crippen molar-refractivity contribution in [2.75, 3.05) is 19.7 Å². The highest BCUT2D eigenvalue weighted by molar-refractivity contribution is 6.00. The van der Waals surface area contributed by atoms with Crippen LogP contribution in [0.1, 0.15) is 51.9 Å². The van der Waals surface area contributed by atoms with E-state index in [2.05, 4.69) is 4.98 Å². The number of carbonyl (C=O) groups excluding carboxylic acids is 2. The van der Waals surface area contributed by atoms with Crippen LogP contribution >= 0.6 is 0 Å². The number of aromatic nitrogens is 1. The molecule has 7 nitrogen and oxygen atoms in total. The van der Waals surface area contributed by atoms with E-state index in [1.54, 1.807) is 20.8 Å². The Kier molecular flexibility index (Phi) is 6.82. The average molecular weight is 316 g/mol. The minimum Gasteiger partial charge on any atom is -0.462 e. The first-order valence-electron chi connectivity index (χ1n) is 7.37. The van der Waals surface area contributed by atoms with Gasteiger partial charge in [0, 0.05) is 18.8 Å². The molecule has 0 atom stereocenters. The molecule has 0 aliphatic carbocycles. The third-order valence-corrected chi connectivity index (χ3v) is 3.41. The smallest absolute Gasteiger partial charge is 0.340 e. The van der Waals surface area contributed by atoms with Gasteiger partial charge in [0.15, 0.2) is 0 Å². The summed E-state index contributed by atoms with van der Waals surface area (Å²) in [6.45, 7) is 5.82. The van der Waals surface area contributed by atoms with Crippen molar-refractivity contribution in [3.05, 3.63) is 22.5 Å². The van der Waals surface area contributed by atoms with Crippen LogP contribution in [-0.4, -0.2) is 41.5 Å². The summed E-state index contributed by atoms with van der Waals surface area (Å²) in [4.78, 5) is 29.0. The van der Waals surface area contributed by atoms with Crippen molar-refractivity contribution in [1.29, 1.82) is 10.5 Å². The van der Waals surface area contributed by atoms with Gasteiger partial charge in [0.25, 0.3) is 5.91 Å². The normalized spacial score (nSPS) is 9.78. The van der Waals surface area contributed by atoms with Gasteiger partial charge in [0.05, 0.1) is 37.2 Å². The van der Waals surface area contributed by atoms with Gasteiger partial charge in [-0.1, -0.05) is 0 Å². The Bertz CT molecular complexity index is 646. The van der Waals surface area contributed by atoms with Crippen molar-refractivity contribution < 1.29 is 14.3 Å². The fourth-order valence-electron chi connectivity index (χ4n) is 2.32. The van der Waals surface area contributed by atoms with Crippen molar-refractivity contribution in [1.82, 2.24) is 9.88 Å². The maximum atomic E-state index is 12.6. The van der Waals surface area contributed by atoms with E-state index in [1.807, 2.05) is 12.1 Å². The molecule has 1 aromatic rings. The molecule has 122 valence electrons. The van der Waals surface area contributed by atoms with Crippen LogP contribution in [0, 0.1) is 36.5 Å². The fraction of sp³-hybridized carbons (Fsp3) is 0.500. The van der Waals surface area contributed by atoms with E-state index in [1.165, 1.54) is 4.90 Å². The van der Waals surface area contributed by atoms with Crippen molar-refractivity contribution in [2.45, 2.75) is 33.6 Å². The van der Waals surface area contributed by atoms with Gasteiger partial charge in [-0.3, -0.25) is 4.79 Å². The molecule has 1 heterocycles. The van der Waals surface area contributed by atoms with Crippen molar-refractivity contribution in [2.24, 2.45) is 0 Å². The highest BCUT2D eigenvalue weighted by Crippen LogP contribution is 2.20. The summed E-state index contributed by atoms with van der Waals surface area (Å²) >= 11 is 0. The molecule has 0 saturated heterocycles. The topological polar surface area (TPSA) is 110 Å². The van der Waals surface area contributed by atoms with Gasteiger partial charge in [0.1, 0.15) is 5.69 Å².